The molecule has 1 atom stereocenters. The van der Waals surface area contributed by atoms with E-state index in [9.17, 15) is 0 Å². The average molecular weight is 420 g/mol. The maximum absolute atomic E-state index is 5.93. The molecule has 1 saturated heterocycles. The minimum absolute atomic E-state index is 0. The van der Waals surface area contributed by atoms with Crippen molar-refractivity contribution in [3.05, 3.63) is 24.3 Å². The number of nitrogens with two attached hydrogens (primary N) is 1. The predicted octanol–water partition coefficient (Wildman–Crippen LogP) is 1.76. The lowest BCUT2D eigenvalue weighted by Gasteiger charge is -2.31. The van der Waals surface area contributed by atoms with Crippen LogP contribution in [0.3, 0.4) is 0 Å². The van der Waals surface area contributed by atoms with E-state index in [1.54, 1.807) is 7.11 Å². The first-order valence-corrected chi connectivity index (χ1v) is 7.22. The quantitative estimate of drug-likeness (QED) is 0.432. The molecule has 0 bridgehead atoms. The summed E-state index contributed by atoms with van der Waals surface area (Å²) in [6, 6.07) is 7.97. The molecule has 6 nitrogen and oxygen atoms in total. The van der Waals surface area contributed by atoms with Crippen LogP contribution >= 0.6 is 24.0 Å². The topological polar surface area (TPSA) is 72.1 Å². The van der Waals surface area contributed by atoms with E-state index in [-0.39, 0.29) is 24.0 Å². The Labute approximate surface area is 149 Å². The highest BCUT2D eigenvalue weighted by Crippen LogP contribution is 2.16. The molecule has 2 rings (SSSR count). The van der Waals surface area contributed by atoms with Gasteiger partial charge in [-0.25, -0.2) is 0 Å². The van der Waals surface area contributed by atoms with Crippen LogP contribution in [0.2, 0.25) is 0 Å². The lowest BCUT2D eigenvalue weighted by Crippen LogP contribution is -2.43. The molecule has 22 heavy (non-hydrogen) atoms. The number of benzene rings is 1. The van der Waals surface area contributed by atoms with Crippen molar-refractivity contribution in [3.8, 4) is 5.75 Å². The molecular weight excluding hydrogens is 395 g/mol. The molecule has 1 aromatic rings. The highest BCUT2D eigenvalue weighted by atomic mass is 127. The van der Waals surface area contributed by atoms with Crippen molar-refractivity contribution in [1.29, 1.82) is 0 Å². The third kappa shape index (κ3) is 5.98. The summed E-state index contributed by atoms with van der Waals surface area (Å²) < 4.78 is 10.5. The number of methoxy groups -OCH3 is 1. The zero-order valence-electron chi connectivity index (χ0n) is 13.1. The molecule has 0 aliphatic carbocycles. The van der Waals surface area contributed by atoms with Crippen molar-refractivity contribution >= 4 is 35.6 Å². The molecule has 1 heterocycles. The van der Waals surface area contributed by atoms with Gasteiger partial charge in [0, 0.05) is 30.9 Å². The molecule has 0 radical (unpaired) electrons. The minimum Gasteiger partial charge on any atom is -0.497 e. The zero-order valence-corrected chi connectivity index (χ0v) is 15.4. The van der Waals surface area contributed by atoms with Gasteiger partial charge in [-0.3, -0.25) is 9.89 Å². The summed E-state index contributed by atoms with van der Waals surface area (Å²) in [6.07, 6.45) is 0. The van der Waals surface area contributed by atoms with Crippen molar-refractivity contribution in [3.63, 3.8) is 0 Å². The normalized spacial score (nSPS) is 17.5. The van der Waals surface area contributed by atoms with Crippen molar-refractivity contribution in [2.45, 2.75) is 13.0 Å². The molecule has 3 N–H and O–H groups in total. The maximum Gasteiger partial charge on any atom is 0.193 e. The number of rotatable bonds is 5. The predicted molar refractivity (Wildman–Crippen MR) is 100 cm³/mol. The second kappa shape index (κ2) is 9.86. The van der Waals surface area contributed by atoms with Crippen molar-refractivity contribution in [2.24, 2.45) is 10.7 Å². The van der Waals surface area contributed by atoms with E-state index in [0.29, 0.717) is 18.5 Å². The Morgan fingerprint density at radius 3 is 2.86 bits per heavy atom. The van der Waals surface area contributed by atoms with Crippen LogP contribution in [0.1, 0.15) is 6.92 Å². The van der Waals surface area contributed by atoms with Crippen LogP contribution in [-0.4, -0.2) is 56.9 Å². The van der Waals surface area contributed by atoms with Gasteiger partial charge in [-0.1, -0.05) is 6.07 Å². The number of ether oxygens (including phenoxy) is 2. The number of halogens is 1. The zero-order chi connectivity index (χ0) is 15.1. The molecular formula is C15H25IN4O2. The summed E-state index contributed by atoms with van der Waals surface area (Å²) >= 11 is 0. The third-order valence-corrected chi connectivity index (χ3v) is 3.54. The Hall–Kier alpha value is -1.06. The van der Waals surface area contributed by atoms with Gasteiger partial charge in [0.1, 0.15) is 5.75 Å². The Kier molecular flexibility index (Phi) is 8.51. The van der Waals surface area contributed by atoms with Gasteiger partial charge in [-0.05, 0) is 19.1 Å². The van der Waals surface area contributed by atoms with Crippen LogP contribution in [-0.2, 0) is 4.74 Å². The van der Waals surface area contributed by atoms with E-state index < -0.39 is 0 Å². The fourth-order valence-corrected chi connectivity index (χ4v) is 2.25. The van der Waals surface area contributed by atoms with Crippen LogP contribution in [0.25, 0.3) is 0 Å². The van der Waals surface area contributed by atoms with Crippen LogP contribution in [0.4, 0.5) is 5.69 Å². The molecule has 1 aliphatic rings. The largest absolute Gasteiger partial charge is 0.497 e. The van der Waals surface area contributed by atoms with Gasteiger partial charge in [-0.2, -0.15) is 0 Å². The first-order valence-electron chi connectivity index (χ1n) is 7.22. The van der Waals surface area contributed by atoms with Gasteiger partial charge >= 0.3 is 0 Å². The molecule has 124 valence electrons. The van der Waals surface area contributed by atoms with E-state index in [1.807, 2.05) is 24.3 Å². The van der Waals surface area contributed by atoms with E-state index >= 15 is 0 Å². The van der Waals surface area contributed by atoms with Crippen LogP contribution in [0, 0.1) is 0 Å². The van der Waals surface area contributed by atoms with Gasteiger partial charge in [-0.15, -0.1) is 24.0 Å². The van der Waals surface area contributed by atoms with Gasteiger partial charge in [0.2, 0.25) is 0 Å². The number of nitrogens with one attached hydrogen (secondary N) is 1. The summed E-state index contributed by atoms with van der Waals surface area (Å²) in [5.74, 6) is 1.21. The second-order valence-corrected chi connectivity index (χ2v) is 5.08. The molecule has 0 saturated carbocycles. The van der Waals surface area contributed by atoms with Gasteiger partial charge < -0.3 is 20.5 Å². The molecule has 0 spiro atoms. The van der Waals surface area contributed by atoms with E-state index in [4.69, 9.17) is 15.2 Å². The minimum atomic E-state index is 0. The van der Waals surface area contributed by atoms with E-state index in [0.717, 1.165) is 37.7 Å². The highest BCUT2D eigenvalue weighted by molar-refractivity contribution is 14.0. The third-order valence-electron chi connectivity index (χ3n) is 3.54. The Morgan fingerprint density at radius 2 is 2.18 bits per heavy atom. The molecule has 1 unspecified atom stereocenters. The summed E-state index contributed by atoms with van der Waals surface area (Å²) in [5, 5.41) is 3.08. The smallest absolute Gasteiger partial charge is 0.193 e. The number of nitrogens with zero attached hydrogens (tertiary/aromatic N) is 2. The SMILES string of the molecule is COc1cccc(NC(N)=NCC(C)N2CCOCC2)c1.I. The molecule has 1 aliphatic heterocycles. The Morgan fingerprint density at radius 1 is 1.45 bits per heavy atom. The number of guanidine groups is 1. The molecule has 7 heteroatoms. The van der Waals surface area contributed by atoms with Crippen molar-refractivity contribution < 1.29 is 9.47 Å². The van der Waals surface area contributed by atoms with Crippen LogP contribution in [0.5, 0.6) is 5.75 Å². The Balaban J connectivity index is 0.00000242. The average Bonchev–Trinajstić information content (AvgIpc) is 2.53. The summed E-state index contributed by atoms with van der Waals surface area (Å²) in [5.41, 5.74) is 6.80. The summed E-state index contributed by atoms with van der Waals surface area (Å²) in [6.45, 7) is 6.34. The first kappa shape index (κ1) is 19.0. The number of aliphatic imine (C=N–C) groups is 1. The number of anilines is 1. The van der Waals surface area contributed by atoms with Gasteiger partial charge in [0.15, 0.2) is 5.96 Å². The van der Waals surface area contributed by atoms with Crippen LogP contribution < -0.4 is 15.8 Å². The number of hydrogen-bond donors (Lipinski definition) is 2. The monoisotopic (exact) mass is 420 g/mol. The summed E-state index contributed by atoms with van der Waals surface area (Å²) in [4.78, 5) is 6.78. The second-order valence-electron chi connectivity index (χ2n) is 5.08. The molecule has 0 aromatic heterocycles. The summed E-state index contributed by atoms with van der Waals surface area (Å²) in [7, 11) is 1.64. The fourth-order valence-electron chi connectivity index (χ4n) is 2.25. The lowest BCUT2D eigenvalue weighted by atomic mass is 10.2. The van der Waals surface area contributed by atoms with E-state index in [2.05, 4.69) is 22.1 Å². The van der Waals surface area contributed by atoms with Gasteiger partial charge in [0.25, 0.3) is 0 Å². The molecule has 0 amide bonds. The standard InChI is InChI=1S/C15H24N4O2.HI/c1-12(19-6-8-21-9-7-19)11-17-15(16)18-13-4-3-5-14(10-13)20-2;/h3-5,10,12H,6-9,11H2,1-2H3,(H3,16,17,18);1H. The van der Waals surface area contributed by atoms with Crippen molar-refractivity contribution in [1.82, 2.24) is 4.90 Å². The first-order chi connectivity index (χ1) is 10.2. The Bertz CT molecular complexity index is 478. The number of hydrogen-bond acceptors (Lipinski definition) is 4. The van der Waals surface area contributed by atoms with Crippen molar-refractivity contribution in [2.75, 3.05) is 45.3 Å². The fraction of sp³-hybridized carbons (Fsp3) is 0.533. The lowest BCUT2D eigenvalue weighted by molar-refractivity contribution is 0.0221. The molecule has 1 fully saturated rings. The van der Waals surface area contributed by atoms with E-state index in [1.165, 1.54) is 0 Å². The number of morpholine rings is 1. The van der Waals surface area contributed by atoms with Crippen LogP contribution in [0.15, 0.2) is 29.3 Å². The maximum atomic E-state index is 5.93. The van der Waals surface area contributed by atoms with Gasteiger partial charge in [0.05, 0.1) is 26.9 Å². The molecule has 1 aromatic carbocycles. The highest BCUT2D eigenvalue weighted by Gasteiger charge is 2.16.